The summed E-state index contributed by atoms with van der Waals surface area (Å²) in [6.07, 6.45) is 0.510. The molecule has 1 saturated heterocycles. The molecule has 0 spiro atoms. The number of benzene rings is 2. The second-order valence-electron chi connectivity index (χ2n) is 7.41. The average Bonchev–Trinajstić information content (AvgIpc) is 3.41. The van der Waals surface area contributed by atoms with Crippen LogP contribution in [0, 0.1) is 0 Å². The Hall–Kier alpha value is -3.23. The first kappa shape index (κ1) is 21.0. The van der Waals surface area contributed by atoms with E-state index in [4.69, 9.17) is 14.2 Å². The first-order chi connectivity index (χ1) is 15.1. The minimum Gasteiger partial charge on any atom is -0.497 e. The van der Waals surface area contributed by atoms with Crippen LogP contribution in [0.1, 0.15) is 35.4 Å². The third-order valence-electron chi connectivity index (χ3n) is 5.67. The summed E-state index contributed by atoms with van der Waals surface area (Å²) >= 11 is 0. The molecule has 2 aromatic carbocycles. The van der Waals surface area contributed by atoms with Crippen LogP contribution in [0.25, 0.3) is 10.9 Å². The highest BCUT2D eigenvalue weighted by atomic mass is 16.5. The largest absolute Gasteiger partial charge is 0.497 e. The van der Waals surface area contributed by atoms with Gasteiger partial charge in [-0.1, -0.05) is 0 Å². The van der Waals surface area contributed by atoms with Crippen molar-refractivity contribution in [3.8, 4) is 17.2 Å². The first-order valence-corrected chi connectivity index (χ1v) is 10.3. The van der Waals surface area contributed by atoms with Gasteiger partial charge in [0.25, 0.3) is 5.91 Å². The molecule has 8 heteroatoms. The molecule has 4 rings (SSSR count). The molecule has 0 radical (unpaired) electrons. The number of ether oxygens (including phenoxy) is 3. The summed E-state index contributed by atoms with van der Waals surface area (Å²) in [5.41, 5.74) is 9.34. The fourth-order valence-electron chi connectivity index (χ4n) is 4.09. The summed E-state index contributed by atoms with van der Waals surface area (Å²) in [4.78, 5) is 12.8. The van der Waals surface area contributed by atoms with Crippen molar-refractivity contribution < 1.29 is 19.0 Å². The fraction of sp³-hybridized carbons (Fsp3) is 0.348. The van der Waals surface area contributed by atoms with E-state index in [1.807, 2.05) is 6.07 Å². The molecule has 2 unspecified atom stereocenters. The van der Waals surface area contributed by atoms with Crippen molar-refractivity contribution in [2.45, 2.75) is 32.1 Å². The van der Waals surface area contributed by atoms with Crippen molar-refractivity contribution in [3.63, 3.8) is 0 Å². The molecule has 1 fully saturated rings. The normalized spacial score (nSPS) is 18.2. The number of nitrogens with zero attached hydrogens (tertiary/aromatic N) is 1. The molecule has 2 heterocycles. The zero-order chi connectivity index (χ0) is 22.0. The quantitative estimate of drug-likeness (QED) is 0.541. The molecule has 1 aromatic heterocycles. The Balaban J connectivity index is 1.49. The lowest BCUT2D eigenvalue weighted by Gasteiger charge is -2.15. The molecule has 2 atom stereocenters. The van der Waals surface area contributed by atoms with Gasteiger partial charge in [0, 0.05) is 35.7 Å². The van der Waals surface area contributed by atoms with E-state index < -0.39 is 0 Å². The minimum atomic E-state index is -0.205. The molecule has 3 aromatic rings. The molecule has 1 amide bonds. The van der Waals surface area contributed by atoms with Gasteiger partial charge in [0.05, 0.1) is 39.1 Å². The number of rotatable bonds is 7. The molecule has 0 aliphatic carbocycles. The van der Waals surface area contributed by atoms with Crippen LogP contribution >= 0.6 is 0 Å². The molecule has 3 N–H and O–H groups in total. The van der Waals surface area contributed by atoms with E-state index in [0.717, 1.165) is 23.2 Å². The van der Waals surface area contributed by atoms with Crippen molar-refractivity contribution in [2.75, 3.05) is 21.3 Å². The molecular formula is C23H28N4O4. The maximum absolute atomic E-state index is 12.8. The Bertz CT molecular complexity index is 1090. The van der Waals surface area contributed by atoms with Crippen LogP contribution in [0.5, 0.6) is 17.2 Å². The third-order valence-corrected chi connectivity index (χ3v) is 5.67. The van der Waals surface area contributed by atoms with Crippen molar-refractivity contribution >= 4 is 16.8 Å². The molecule has 1 aliphatic heterocycles. The van der Waals surface area contributed by atoms with Gasteiger partial charge in [0.2, 0.25) is 0 Å². The van der Waals surface area contributed by atoms with Crippen molar-refractivity contribution in [1.82, 2.24) is 20.7 Å². The van der Waals surface area contributed by atoms with Crippen LogP contribution in [0.4, 0.5) is 0 Å². The Kier molecular flexibility index (Phi) is 6.01. The van der Waals surface area contributed by atoms with Crippen molar-refractivity contribution in [3.05, 3.63) is 53.7 Å². The predicted octanol–water partition coefficient (Wildman–Crippen LogP) is 2.98. The van der Waals surface area contributed by atoms with E-state index in [-0.39, 0.29) is 18.1 Å². The van der Waals surface area contributed by atoms with E-state index in [0.29, 0.717) is 23.5 Å². The smallest absolute Gasteiger partial charge is 0.252 e. The van der Waals surface area contributed by atoms with Crippen LogP contribution in [-0.2, 0) is 6.54 Å². The van der Waals surface area contributed by atoms with Crippen LogP contribution in [0.3, 0.4) is 0 Å². The molecule has 0 saturated carbocycles. The summed E-state index contributed by atoms with van der Waals surface area (Å²) in [6, 6.07) is 13.5. The van der Waals surface area contributed by atoms with Crippen LogP contribution < -0.4 is 30.4 Å². The van der Waals surface area contributed by atoms with Gasteiger partial charge in [0.1, 0.15) is 5.75 Å². The molecule has 1 aliphatic rings. The van der Waals surface area contributed by atoms with Crippen molar-refractivity contribution in [1.29, 1.82) is 0 Å². The number of nitrogens with one attached hydrogen (secondary N) is 3. The number of amides is 1. The summed E-state index contributed by atoms with van der Waals surface area (Å²) in [5, 5.41) is 4.20. The zero-order valence-corrected chi connectivity index (χ0v) is 18.2. The number of hydrazine groups is 1. The number of fused-ring (bicyclic) bond motifs is 1. The lowest BCUT2D eigenvalue weighted by atomic mass is 10.1. The third kappa shape index (κ3) is 4.04. The lowest BCUT2D eigenvalue weighted by Crippen LogP contribution is -2.44. The number of hydrogen-bond acceptors (Lipinski definition) is 6. The monoisotopic (exact) mass is 424 g/mol. The Labute approximate surface area is 181 Å². The van der Waals surface area contributed by atoms with Gasteiger partial charge in [-0.3, -0.25) is 4.79 Å². The SMILES string of the molecule is CCn1c(C2CC(NC(=O)c3ccc(OC)c(OC)c3)NN2)cc2ccc(OC)cc21. The van der Waals surface area contributed by atoms with Gasteiger partial charge >= 0.3 is 0 Å². The number of aromatic nitrogens is 1. The minimum absolute atomic E-state index is 0.0639. The van der Waals surface area contributed by atoms with Crippen molar-refractivity contribution in [2.24, 2.45) is 0 Å². The second-order valence-corrected chi connectivity index (χ2v) is 7.41. The van der Waals surface area contributed by atoms with E-state index in [2.05, 4.69) is 45.9 Å². The zero-order valence-electron chi connectivity index (χ0n) is 18.2. The molecule has 164 valence electrons. The van der Waals surface area contributed by atoms with Crippen LogP contribution in [-0.4, -0.2) is 38.0 Å². The topological polar surface area (TPSA) is 85.8 Å². The standard InChI is InChI=1S/C23H28N4O4/c1-5-27-18-12-16(29-2)8-6-14(18)10-19(27)17-13-22(26-25-17)24-23(28)15-7-9-20(30-3)21(11-15)31-4/h6-12,17,22,25-26H,5,13H2,1-4H3,(H,24,28). The Morgan fingerprint density at radius 1 is 1.03 bits per heavy atom. The summed E-state index contributed by atoms with van der Waals surface area (Å²) in [7, 11) is 4.79. The molecule has 31 heavy (non-hydrogen) atoms. The summed E-state index contributed by atoms with van der Waals surface area (Å²) in [6.45, 7) is 2.97. The maximum Gasteiger partial charge on any atom is 0.252 e. The number of carbonyl (C=O) groups is 1. The fourth-order valence-corrected chi connectivity index (χ4v) is 4.09. The molecule has 8 nitrogen and oxygen atoms in total. The number of hydrogen-bond donors (Lipinski definition) is 3. The molecular weight excluding hydrogens is 396 g/mol. The summed E-state index contributed by atoms with van der Waals surface area (Å²) in [5.74, 6) is 1.77. The van der Waals surface area contributed by atoms with Gasteiger partial charge in [-0.25, -0.2) is 10.9 Å². The molecule has 0 bridgehead atoms. The lowest BCUT2D eigenvalue weighted by molar-refractivity contribution is 0.0932. The van der Waals surface area contributed by atoms with E-state index in [9.17, 15) is 4.79 Å². The predicted molar refractivity (Wildman–Crippen MR) is 119 cm³/mol. The highest BCUT2D eigenvalue weighted by molar-refractivity contribution is 5.95. The van der Waals surface area contributed by atoms with Gasteiger partial charge in [-0.2, -0.15) is 0 Å². The van der Waals surface area contributed by atoms with E-state index in [1.54, 1.807) is 39.5 Å². The van der Waals surface area contributed by atoms with Gasteiger partial charge in [0.15, 0.2) is 11.5 Å². The number of carbonyl (C=O) groups excluding carboxylic acids is 1. The highest BCUT2D eigenvalue weighted by Gasteiger charge is 2.29. The maximum atomic E-state index is 12.8. The van der Waals surface area contributed by atoms with Gasteiger partial charge in [-0.15, -0.1) is 0 Å². The average molecular weight is 425 g/mol. The number of methoxy groups -OCH3 is 3. The Morgan fingerprint density at radius 3 is 2.55 bits per heavy atom. The second kappa shape index (κ2) is 8.87. The van der Waals surface area contributed by atoms with Crippen LogP contribution in [0.2, 0.25) is 0 Å². The Morgan fingerprint density at radius 2 is 1.84 bits per heavy atom. The number of aryl methyl sites for hydroxylation is 1. The first-order valence-electron chi connectivity index (χ1n) is 10.3. The summed E-state index contributed by atoms with van der Waals surface area (Å²) < 4.78 is 18.2. The van der Waals surface area contributed by atoms with Crippen LogP contribution in [0.15, 0.2) is 42.5 Å². The highest BCUT2D eigenvalue weighted by Crippen LogP contribution is 2.31. The van der Waals surface area contributed by atoms with E-state index >= 15 is 0 Å². The van der Waals surface area contributed by atoms with E-state index in [1.165, 1.54) is 5.69 Å². The van der Waals surface area contributed by atoms with Gasteiger partial charge < -0.3 is 24.1 Å². The van der Waals surface area contributed by atoms with Gasteiger partial charge in [-0.05, 0) is 43.3 Å².